The van der Waals surface area contributed by atoms with E-state index in [1.54, 1.807) is 6.92 Å². The molecule has 78 valence electrons. The van der Waals surface area contributed by atoms with Gasteiger partial charge >= 0.3 is 0 Å². The highest BCUT2D eigenvalue weighted by Crippen LogP contribution is 2.33. The molecule has 0 saturated carbocycles. The maximum Gasteiger partial charge on any atom is 0.230 e. The summed E-state index contributed by atoms with van der Waals surface area (Å²) in [5.41, 5.74) is 2.55. The van der Waals surface area contributed by atoms with Crippen molar-refractivity contribution in [2.45, 2.75) is 19.2 Å². The molecular formula is C13H13FO. The van der Waals surface area contributed by atoms with E-state index in [-0.39, 0.29) is 6.42 Å². The Labute approximate surface area is 88.6 Å². The third-order valence-electron chi connectivity index (χ3n) is 2.43. The molecule has 1 nitrogen and oxygen atoms in total. The van der Waals surface area contributed by atoms with E-state index < -0.39 is 5.85 Å². The van der Waals surface area contributed by atoms with Crippen LogP contribution < -0.4 is 0 Å². The highest BCUT2D eigenvalue weighted by Gasteiger charge is 2.28. The van der Waals surface area contributed by atoms with E-state index in [0.717, 1.165) is 16.7 Å². The van der Waals surface area contributed by atoms with Crippen LogP contribution in [0.3, 0.4) is 0 Å². The van der Waals surface area contributed by atoms with Gasteiger partial charge in [-0.15, -0.1) is 0 Å². The Hall–Kier alpha value is -1.41. The number of benzene rings is 1. The molecule has 0 saturated heterocycles. The highest BCUT2D eigenvalue weighted by atomic mass is 19.2. The zero-order chi connectivity index (χ0) is 10.9. The molecule has 1 aromatic carbocycles. The normalized spacial score (nSPS) is 25.8. The minimum absolute atomic E-state index is 0.0222. The van der Waals surface area contributed by atoms with Gasteiger partial charge in [-0.05, 0) is 29.7 Å². The Kier molecular flexibility index (Phi) is 2.45. The number of hydrogen-bond donors (Lipinski definition) is 1. The third-order valence-corrected chi connectivity index (χ3v) is 2.43. The Morgan fingerprint density at radius 2 is 1.93 bits per heavy atom. The van der Waals surface area contributed by atoms with Gasteiger partial charge in [0.15, 0.2) is 0 Å². The van der Waals surface area contributed by atoms with Gasteiger partial charge in [-0.2, -0.15) is 0 Å². The summed E-state index contributed by atoms with van der Waals surface area (Å²) in [6.45, 7) is 1.78. The van der Waals surface area contributed by atoms with Gasteiger partial charge in [0.05, 0.1) is 0 Å². The van der Waals surface area contributed by atoms with Crippen molar-refractivity contribution in [3.8, 4) is 0 Å². The molecule has 0 bridgehead atoms. The van der Waals surface area contributed by atoms with E-state index in [2.05, 4.69) is 0 Å². The summed E-state index contributed by atoms with van der Waals surface area (Å²) in [6.07, 6.45) is 3.18. The Morgan fingerprint density at radius 1 is 1.27 bits per heavy atom. The molecule has 1 aliphatic carbocycles. The second kappa shape index (κ2) is 3.63. The molecule has 1 N–H and O–H groups in total. The molecule has 0 radical (unpaired) electrons. The fraction of sp³-hybridized carbons (Fsp3) is 0.231. The van der Waals surface area contributed by atoms with Crippen LogP contribution in [0.1, 0.15) is 18.9 Å². The van der Waals surface area contributed by atoms with Crippen LogP contribution in [-0.2, 0) is 0 Å². The van der Waals surface area contributed by atoms with Gasteiger partial charge in [0.25, 0.3) is 0 Å². The Balaban J connectivity index is 2.37. The zero-order valence-electron chi connectivity index (χ0n) is 8.57. The van der Waals surface area contributed by atoms with Crippen LogP contribution in [0, 0.1) is 0 Å². The van der Waals surface area contributed by atoms with Crippen molar-refractivity contribution in [1.29, 1.82) is 0 Å². The van der Waals surface area contributed by atoms with E-state index in [4.69, 9.17) is 0 Å². The minimum atomic E-state index is -2.20. The van der Waals surface area contributed by atoms with Crippen molar-refractivity contribution < 1.29 is 9.50 Å². The quantitative estimate of drug-likeness (QED) is 0.745. The fourth-order valence-electron chi connectivity index (χ4n) is 1.87. The number of allylic oxidation sites excluding steroid dienone is 2. The van der Waals surface area contributed by atoms with Gasteiger partial charge in [-0.3, -0.25) is 0 Å². The standard InChI is InChI=1S/C13H13FO/c1-10-7-12(9-13(14,15)8-10)11-5-3-2-4-6-11/h2-8,15H,9H2,1H3. The summed E-state index contributed by atoms with van der Waals surface area (Å²) in [4.78, 5) is 0. The zero-order valence-corrected chi connectivity index (χ0v) is 8.57. The van der Waals surface area contributed by atoms with E-state index >= 15 is 0 Å². The molecule has 2 heteroatoms. The second-order valence-electron chi connectivity index (χ2n) is 3.92. The van der Waals surface area contributed by atoms with E-state index in [9.17, 15) is 9.50 Å². The van der Waals surface area contributed by atoms with Crippen LogP contribution in [0.25, 0.3) is 5.57 Å². The van der Waals surface area contributed by atoms with Crippen molar-refractivity contribution in [1.82, 2.24) is 0 Å². The van der Waals surface area contributed by atoms with E-state index in [0.29, 0.717) is 0 Å². The predicted octanol–water partition coefficient (Wildman–Crippen LogP) is 3.08. The molecule has 0 heterocycles. The van der Waals surface area contributed by atoms with Crippen LogP contribution in [-0.4, -0.2) is 11.0 Å². The lowest BCUT2D eigenvalue weighted by atomic mass is 9.91. The van der Waals surface area contributed by atoms with Crippen LogP contribution in [0.2, 0.25) is 0 Å². The third kappa shape index (κ3) is 2.34. The average Bonchev–Trinajstić information content (AvgIpc) is 2.16. The van der Waals surface area contributed by atoms with E-state index in [1.807, 2.05) is 36.4 Å². The smallest absolute Gasteiger partial charge is 0.230 e. The number of aliphatic hydroxyl groups is 1. The first-order valence-corrected chi connectivity index (χ1v) is 4.94. The lowest BCUT2D eigenvalue weighted by Gasteiger charge is -2.22. The van der Waals surface area contributed by atoms with Crippen LogP contribution in [0.4, 0.5) is 4.39 Å². The van der Waals surface area contributed by atoms with Gasteiger partial charge in [0, 0.05) is 6.42 Å². The summed E-state index contributed by atoms with van der Waals surface area (Å²) < 4.78 is 13.5. The number of rotatable bonds is 1. The molecule has 0 aromatic heterocycles. The Morgan fingerprint density at radius 3 is 2.53 bits per heavy atom. The molecule has 15 heavy (non-hydrogen) atoms. The molecule has 1 aromatic rings. The molecule has 1 aliphatic rings. The summed E-state index contributed by atoms with van der Waals surface area (Å²) in [6, 6.07) is 9.56. The minimum Gasteiger partial charge on any atom is -0.358 e. The number of halogens is 1. The average molecular weight is 204 g/mol. The van der Waals surface area contributed by atoms with Crippen molar-refractivity contribution in [3.63, 3.8) is 0 Å². The molecule has 2 rings (SSSR count). The Bertz CT molecular complexity index is 415. The van der Waals surface area contributed by atoms with Gasteiger partial charge < -0.3 is 5.11 Å². The summed E-state index contributed by atoms with van der Waals surface area (Å²) >= 11 is 0. The highest BCUT2D eigenvalue weighted by molar-refractivity contribution is 5.70. The molecule has 0 spiro atoms. The maximum absolute atomic E-state index is 13.5. The molecule has 1 atom stereocenters. The number of hydrogen-bond acceptors (Lipinski definition) is 1. The molecule has 0 amide bonds. The largest absolute Gasteiger partial charge is 0.358 e. The lowest BCUT2D eigenvalue weighted by Crippen LogP contribution is -2.22. The summed E-state index contributed by atoms with van der Waals surface area (Å²) in [7, 11) is 0. The molecule has 0 fully saturated rings. The molecule has 1 unspecified atom stereocenters. The van der Waals surface area contributed by atoms with Crippen molar-refractivity contribution >= 4 is 5.57 Å². The van der Waals surface area contributed by atoms with Crippen molar-refractivity contribution in [2.24, 2.45) is 0 Å². The first-order chi connectivity index (χ1) is 7.07. The van der Waals surface area contributed by atoms with Crippen LogP contribution in [0.15, 0.2) is 48.1 Å². The second-order valence-corrected chi connectivity index (χ2v) is 3.92. The first-order valence-electron chi connectivity index (χ1n) is 4.94. The topological polar surface area (TPSA) is 20.2 Å². The first kappa shape index (κ1) is 10.1. The van der Waals surface area contributed by atoms with Gasteiger partial charge in [0.1, 0.15) is 0 Å². The monoisotopic (exact) mass is 204 g/mol. The van der Waals surface area contributed by atoms with Gasteiger partial charge in [-0.1, -0.05) is 36.4 Å². The van der Waals surface area contributed by atoms with Gasteiger partial charge in [-0.25, -0.2) is 4.39 Å². The summed E-state index contributed by atoms with van der Waals surface area (Å²) in [5, 5.41) is 9.39. The van der Waals surface area contributed by atoms with Crippen molar-refractivity contribution in [2.75, 3.05) is 0 Å². The van der Waals surface area contributed by atoms with Crippen LogP contribution in [0.5, 0.6) is 0 Å². The summed E-state index contributed by atoms with van der Waals surface area (Å²) in [5.74, 6) is -2.20. The fourth-order valence-corrected chi connectivity index (χ4v) is 1.87. The maximum atomic E-state index is 13.5. The number of alkyl halides is 1. The van der Waals surface area contributed by atoms with E-state index in [1.165, 1.54) is 6.08 Å². The van der Waals surface area contributed by atoms with Crippen molar-refractivity contribution in [3.05, 3.63) is 53.6 Å². The molecular weight excluding hydrogens is 191 g/mol. The van der Waals surface area contributed by atoms with Crippen LogP contribution >= 0.6 is 0 Å². The predicted molar refractivity (Wildman–Crippen MR) is 58.9 cm³/mol. The van der Waals surface area contributed by atoms with Gasteiger partial charge in [0.2, 0.25) is 5.85 Å². The molecule has 0 aliphatic heterocycles. The lowest BCUT2D eigenvalue weighted by molar-refractivity contribution is -0.0370. The SMILES string of the molecule is CC1=CC(O)(F)CC(c2ccccc2)=C1.